The predicted molar refractivity (Wildman–Crippen MR) is 109 cm³/mol. The molecule has 0 bridgehead atoms. The van der Waals surface area contributed by atoms with Crippen molar-refractivity contribution in [2.75, 3.05) is 17.2 Å². The summed E-state index contributed by atoms with van der Waals surface area (Å²) in [7, 11) is 0. The minimum absolute atomic E-state index is 0.247. The summed E-state index contributed by atoms with van der Waals surface area (Å²) in [6.07, 6.45) is 3.00. The smallest absolute Gasteiger partial charge is 0.338 e. The monoisotopic (exact) mass is 393 g/mol. The molecule has 2 aromatic rings. The Hall–Kier alpha value is -3.66. The SMILES string of the molecule is CCCCc1ccc(NC(=O)COC(=O)c2ccc(NC(=O)CC#N)cc2)cc1. The molecule has 0 saturated carbocycles. The molecule has 0 spiro atoms. The molecular formula is C22H23N3O4. The lowest BCUT2D eigenvalue weighted by Crippen LogP contribution is -2.21. The number of nitriles is 1. The first kappa shape index (κ1) is 21.6. The maximum atomic E-state index is 12.0. The van der Waals surface area contributed by atoms with Crippen LogP contribution in [0.3, 0.4) is 0 Å². The van der Waals surface area contributed by atoms with Crippen LogP contribution in [0.15, 0.2) is 48.5 Å². The number of unbranched alkanes of at least 4 members (excludes halogenated alkanes) is 1. The van der Waals surface area contributed by atoms with E-state index in [2.05, 4.69) is 17.6 Å². The van der Waals surface area contributed by atoms with E-state index in [4.69, 9.17) is 10.00 Å². The predicted octanol–water partition coefficient (Wildman–Crippen LogP) is 3.68. The van der Waals surface area contributed by atoms with Crippen LogP contribution in [0, 0.1) is 11.3 Å². The van der Waals surface area contributed by atoms with Crippen molar-refractivity contribution in [3.8, 4) is 6.07 Å². The maximum Gasteiger partial charge on any atom is 0.338 e. The first-order chi connectivity index (χ1) is 14.0. The lowest BCUT2D eigenvalue weighted by atomic mass is 10.1. The molecule has 0 heterocycles. The van der Waals surface area contributed by atoms with Gasteiger partial charge in [-0.25, -0.2) is 4.79 Å². The normalized spacial score (nSPS) is 9.93. The van der Waals surface area contributed by atoms with Gasteiger partial charge in [0.05, 0.1) is 11.6 Å². The van der Waals surface area contributed by atoms with Crippen molar-refractivity contribution in [1.29, 1.82) is 5.26 Å². The highest BCUT2D eigenvalue weighted by molar-refractivity contribution is 5.96. The zero-order valence-electron chi connectivity index (χ0n) is 16.2. The number of carbonyl (C=O) groups is 3. The van der Waals surface area contributed by atoms with Crippen LogP contribution in [0.5, 0.6) is 0 Å². The van der Waals surface area contributed by atoms with Crippen molar-refractivity contribution in [1.82, 2.24) is 0 Å². The Morgan fingerprint density at radius 1 is 0.931 bits per heavy atom. The molecule has 7 heteroatoms. The number of hydrogen-bond acceptors (Lipinski definition) is 5. The van der Waals surface area contributed by atoms with Crippen molar-refractivity contribution >= 4 is 29.2 Å². The molecule has 2 N–H and O–H groups in total. The second-order valence-electron chi connectivity index (χ2n) is 6.39. The Morgan fingerprint density at radius 3 is 2.10 bits per heavy atom. The lowest BCUT2D eigenvalue weighted by molar-refractivity contribution is -0.119. The van der Waals surface area contributed by atoms with Crippen LogP contribution in [-0.2, 0) is 20.7 Å². The number of esters is 1. The third kappa shape index (κ3) is 7.46. The number of carbonyl (C=O) groups excluding carboxylic acids is 3. The highest BCUT2D eigenvalue weighted by atomic mass is 16.5. The Morgan fingerprint density at radius 2 is 1.52 bits per heavy atom. The van der Waals surface area contributed by atoms with Gasteiger partial charge in [-0.05, 0) is 54.8 Å². The molecule has 0 aromatic heterocycles. The highest BCUT2D eigenvalue weighted by Crippen LogP contribution is 2.13. The van der Waals surface area contributed by atoms with Gasteiger partial charge in [0.25, 0.3) is 5.91 Å². The van der Waals surface area contributed by atoms with E-state index in [-0.39, 0.29) is 12.0 Å². The fraction of sp³-hybridized carbons (Fsp3) is 0.273. The largest absolute Gasteiger partial charge is 0.452 e. The molecule has 0 aliphatic rings. The van der Waals surface area contributed by atoms with Gasteiger partial charge in [-0.3, -0.25) is 9.59 Å². The number of anilines is 2. The number of nitrogens with zero attached hydrogens (tertiary/aromatic N) is 1. The quantitative estimate of drug-likeness (QED) is 0.632. The molecule has 0 aliphatic carbocycles. The first-order valence-corrected chi connectivity index (χ1v) is 9.34. The zero-order chi connectivity index (χ0) is 21.1. The summed E-state index contributed by atoms with van der Waals surface area (Å²) < 4.78 is 5.02. The van der Waals surface area contributed by atoms with Gasteiger partial charge in [-0.2, -0.15) is 5.26 Å². The first-order valence-electron chi connectivity index (χ1n) is 9.34. The number of hydrogen-bond donors (Lipinski definition) is 2. The summed E-state index contributed by atoms with van der Waals surface area (Å²) in [5.41, 5.74) is 2.56. The Kier molecular flexibility index (Phi) is 8.39. The molecule has 2 amide bonds. The van der Waals surface area contributed by atoms with Crippen molar-refractivity contribution in [3.63, 3.8) is 0 Å². The van der Waals surface area contributed by atoms with Crippen LogP contribution in [0.2, 0.25) is 0 Å². The van der Waals surface area contributed by atoms with Crippen molar-refractivity contribution in [3.05, 3.63) is 59.7 Å². The van der Waals surface area contributed by atoms with E-state index in [1.165, 1.54) is 29.8 Å². The standard InChI is InChI=1S/C22H23N3O4/c1-2-3-4-16-5-9-18(10-6-16)25-21(27)15-29-22(28)17-7-11-19(12-8-17)24-20(26)13-14-23/h5-12H,2-4,13,15H2,1H3,(H,24,26)(H,25,27). The molecule has 0 radical (unpaired) electrons. The van der Waals surface area contributed by atoms with Gasteiger partial charge in [0.15, 0.2) is 6.61 Å². The second-order valence-corrected chi connectivity index (χ2v) is 6.39. The molecule has 29 heavy (non-hydrogen) atoms. The van der Waals surface area contributed by atoms with Gasteiger partial charge < -0.3 is 15.4 Å². The van der Waals surface area contributed by atoms with Crippen LogP contribution in [0.1, 0.15) is 42.1 Å². The molecule has 2 rings (SSSR count). The zero-order valence-corrected chi connectivity index (χ0v) is 16.2. The Labute approximate surface area is 169 Å². The van der Waals surface area contributed by atoms with Crippen LogP contribution in [0.4, 0.5) is 11.4 Å². The summed E-state index contributed by atoms with van der Waals surface area (Å²) >= 11 is 0. The fourth-order valence-corrected chi connectivity index (χ4v) is 2.51. The summed E-state index contributed by atoms with van der Waals surface area (Å²) in [4.78, 5) is 35.4. The van der Waals surface area contributed by atoms with Gasteiger partial charge in [-0.1, -0.05) is 25.5 Å². The Balaban J connectivity index is 1.80. The molecule has 0 fully saturated rings. The summed E-state index contributed by atoms with van der Waals surface area (Å²) in [6, 6.07) is 15.3. The van der Waals surface area contributed by atoms with E-state index in [9.17, 15) is 14.4 Å². The Bertz CT molecular complexity index is 884. The summed E-state index contributed by atoms with van der Waals surface area (Å²) in [6.45, 7) is 1.73. The van der Waals surface area contributed by atoms with Crippen LogP contribution >= 0.6 is 0 Å². The van der Waals surface area contributed by atoms with Crippen molar-refractivity contribution in [2.24, 2.45) is 0 Å². The molecule has 0 atom stereocenters. The van der Waals surface area contributed by atoms with Gasteiger partial charge in [0.2, 0.25) is 5.91 Å². The van der Waals surface area contributed by atoms with Crippen molar-refractivity contribution in [2.45, 2.75) is 32.6 Å². The fourth-order valence-electron chi connectivity index (χ4n) is 2.51. The maximum absolute atomic E-state index is 12.0. The number of benzene rings is 2. The van der Waals surface area contributed by atoms with Gasteiger partial charge >= 0.3 is 5.97 Å². The van der Waals surface area contributed by atoms with Crippen LogP contribution < -0.4 is 10.6 Å². The summed E-state index contributed by atoms with van der Waals surface area (Å²) in [5, 5.41) is 13.7. The third-order valence-electron chi connectivity index (χ3n) is 4.04. The van der Waals surface area contributed by atoms with Gasteiger partial charge in [-0.15, -0.1) is 0 Å². The molecule has 7 nitrogen and oxygen atoms in total. The minimum Gasteiger partial charge on any atom is -0.452 e. The summed E-state index contributed by atoms with van der Waals surface area (Å²) in [5.74, 6) is -1.51. The molecule has 2 aromatic carbocycles. The topological polar surface area (TPSA) is 108 Å². The van der Waals surface area contributed by atoms with E-state index in [0.717, 1.165) is 19.3 Å². The average Bonchev–Trinajstić information content (AvgIpc) is 2.72. The van der Waals surface area contributed by atoms with Crippen LogP contribution in [-0.4, -0.2) is 24.4 Å². The van der Waals surface area contributed by atoms with E-state index in [1.807, 2.05) is 24.3 Å². The van der Waals surface area contributed by atoms with E-state index in [0.29, 0.717) is 11.4 Å². The second kappa shape index (κ2) is 11.2. The van der Waals surface area contributed by atoms with Gasteiger partial charge in [0, 0.05) is 11.4 Å². The third-order valence-corrected chi connectivity index (χ3v) is 4.04. The van der Waals surface area contributed by atoms with E-state index in [1.54, 1.807) is 6.07 Å². The minimum atomic E-state index is -0.648. The number of amides is 2. The molecule has 0 aliphatic heterocycles. The molecular weight excluding hydrogens is 370 g/mol. The van der Waals surface area contributed by atoms with Gasteiger partial charge in [0.1, 0.15) is 6.42 Å². The average molecular weight is 393 g/mol. The van der Waals surface area contributed by atoms with E-state index < -0.39 is 24.4 Å². The van der Waals surface area contributed by atoms with Crippen molar-refractivity contribution < 1.29 is 19.1 Å². The number of rotatable bonds is 9. The molecule has 150 valence electrons. The number of nitrogens with one attached hydrogen (secondary N) is 2. The van der Waals surface area contributed by atoms with Crippen LogP contribution in [0.25, 0.3) is 0 Å². The number of ether oxygens (including phenoxy) is 1. The molecule has 0 unspecified atom stereocenters. The molecule has 0 saturated heterocycles. The van der Waals surface area contributed by atoms with E-state index >= 15 is 0 Å². The highest BCUT2D eigenvalue weighted by Gasteiger charge is 2.11. The number of aryl methyl sites for hydroxylation is 1. The lowest BCUT2D eigenvalue weighted by Gasteiger charge is -2.08.